The van der Waals surface area contributed by atoms with Gasteiger partial charge in [0.25, 0.3) is 11.8 Å². The summed E-state index contributed by atoms with van der Waals surface area (Å²) in [6, 6.07) is 14.9. The van der Waals surface area contributed by atoms with Crippen LogP contribution in [0, 0.1) is 0 Å². The number of aromatic nitrogens is 2. The van der Waals surface area contributed by atoms with E-state index < -0.39 is 0 Å². The van der Waals surface area contributed by atoms with Gasteiger partial charge in [0.2, 0.25) is 0 Å². The molecule has 2 amide bonds. The highest BCUT2D eigenvalue weighted by Crippen LogP contribution is 2.16. The van der Waals surface area contributed by atoms with Crippen LogP contribution < -0.4 is 5.32 Å². The topological polar surface area (TPSA) is 80.4 Å². The molecule has 0 atom stereocenters. The molecule has 7 heteroatoms. The average Bonchev–Trinajstić information content (AvgIpc) is 3.33. The summed E-state index contributed by atoms with van der Waals surface area (Å²) in [5.41, 5.74) is 1.75. The summed E-state index contributed by atoms with van der Waals surface area (Å²) in [6.07, 6.45) is 1.55. The Morgan fingerprint density at radius 1 is 1.15 bits per heavy atom. The zero-order valence-electron chi connectivity index (χ0n) is 14.1. The Hall–Kier alpha value is -3.35. The van der Waals surface area contributed by atoms with Gasteiger partial charge in [-0.3, -0.25) is 14.3 Å². The molecule has 1 aliphatic rings. The molecule has 0 radical (unpaired) electrons. The first kappa shape index (κ1) is 16.1. The quantitative estimate of drug-likeness (QED) is 0.764. The van der Waals surface area contributed by atoms with E-state index in [0.29, 0.717) is 31.1 Å². The third kappa shape index (κ3) is 3.23. The van der Waals surface area contributed by atoms with Crippen LogP contribution in [-0.2, 0) is 19.6 Å². The smallest absolute Gasteiger partial charge is 0.272 e. The Kier molecular flexibility index (Phi) is 4.27. The van der Waals surface area contributed by atoms with Crippen LogP contribution in [-0.4, -0.2) is 33.0 Å². The van der Waals surface area contributed by atoms with E-state index in [1.807, 2.05) is 30.3 Å². The molecule has 3 heterocycles. The minimum atomic E-state index is -0.328. The maximum absolute atomic E-state index is 12.7. The summed E-state index contributed by atoms with van der Waals surface area (Å²) in [7, 11) is 0. The standard InChI is InChI=1S/C19H18N4O3/c24-18(20-12-15-7-4-10-26-15)16-11-17-19(25)22(8-9-23(17)21-16)13-14-5-2-1-3-6-14/h1-7,10-11H,8-9,12-13H2,(H,20,24). The minimum absolute atomic E-state index is 0.113. The molecule has 0 bridgehead atoms. The van der Waals surface area contributed by atoms with E-state index in [0.717, 1.165) is 5.56 Å². The summed E-state index contributed by atoms with van der Waals surface area (Å²) in [5.74, 6) is 0.218. The lowest BCUT2D eigenvalue weighted by atomic mass is 10.2. The number of amides is 2. The SMILES string of the molecule is O=C(NCc1ccco1)c1cc2n(n1)CCN(Cc1ccccc1)C2=O. The summed E-state index contributed by atoms with van der Waals surface area (Å²) in [6.45, 7) is 1.96. The molecule has 7 nitrogen and oxygen atoms in total. The first-order valence-corrected chi connectivity index (χ1v) is 8.42. The van der Waals surface area contributed by atoms with Gasteiger partial charge in [0, 0.05) is 19.2 Å². The van der Waals surface area contributed by atoms with Gasteiger partial charge in [-0.25, -0.2) is 0 Å². The number of benzene rings is 1. The lowest BCUT2D eigenvalue weighted by Crippen LogP contribution is -2.39. The predicted octanol–water partition coefficient (Wildman–Crippen LogP) is 2.06. The van der Waals surface area contributed by atoms with Crippen molar-refractivity contribution < 1.29 is 14.0 Å². The van der Waals surface area contributed by atoms with Gasteiger partial charge in [-0.15, -0.1) is 0 Å². The number of nitrogens with one attached hydrogen (secondary N) is 1. The molecule has 0 saturated carbocycles. The molecular formula is C19H18N4O3. The molecule has 0 unspecified atom stereocenters. The first-order valence-electron chi connectivity index (χ1n) is 8.42. The highest BCUT2D eigenvalue weighted by Gasteiger charge is 2.27. The highest BCUT2D eigenvalue weighted by molar-refractivity contribution is 5.98. The van der Waals surface area contributed by atoms with Crippen molar-refractivity contribution >= 4 is 11.8 Å². The fourth-order valence-corrected chi connectivity index (χ4v) is 2.98. The number of carbonyl (C=O) groups excluding carboxylic acids is 2. The third-order valence-electron chi connectivity index (χ3n) is 4.32. The Morgan fingerprint density at radius 3 is 2.77 bits per heavy atom. The van der Waals surface area contributed by atoms with Crippen molar-refractivity contribution in [2.45, 2.75) is 19.6 Å². The molecule has 2 aromatic heterocycles. The third-order valence-corrected chi connectivity index (χ3v) is 4.32. The van der Waals surface area contributed by atoms with Crippen LogP contribution in [0.15, 0.2) is 59.2 Å². The zero-order valence-corrected chi connectivity index (χ0v) is 14.1. The summed E-state index contributed by atoms with van der Waals surface area (Å²) >= 11 is 0. The Bertz CT molecular complexity index is 916. The van der Waals surface area contributed by atoms with Crippen molar-refractivity contribution in [1.29, 1.82) is 0 Å². The number of carbonyl (C=O) groups is 2. The molecule has 3 aromatic rings. The maximum Gasteiger partial charge on any atom is 0.272 e. The van der Waals surface area contributed by atoms with Crippen molar-refractivity contribution in [3.63, 3.8) is 0 Å². The van der Waals surface area contributed by atoms with E-state index in [-0.39, 0.29) is 24.1 Å². The van der Waals surface area contributed by atoms with Gasteiger partial charge in [-0.2, -0.15) is 5.10 Å². The van der Waals surface area contributed by atoms with E-state index in [1.165, 1.54) is 0 Å². The zero-order chi connectivity index (χ0) is 17.9. The van der Waals surface area contributed by atoms with E-state index in [4.69, 9.17) is 4.42 Å². The van der Waals surface area contributed by atoms with Gasteiger partial charge in [-0.1, -0.05) is 30.3 Å². The molecule has 1 aliphatic heterocycles. The minimum Gasteiger partial charge on any atom is -0.467 e. The van der Waals surface area contributed by atoms with Gasteiger partial charge in [0.05, 0.1) is 19.4 Å². The second kappa shape index (κ2) is 6.87. The number of fused-ring (bicyclic) bond motifs is 1. The number of hydrogen-bond acceptors (Lipinski definition) is 4. The van der Waals surface area contributed by atoms with Crippen LogP contribution in [0.3, 0.4) is 0 Å². The van der Waals surface area contributed by atoms with Gasteiger partial charge in [0.1, 0.15) is 11.5 Å². The molecule has 26 heavy (non-hydrogen) atoms. The number of furan rings is 1. The molecular weight excluding hydrogens is 332 g/mol. The van der Waals surface area contributed by atoms with Crippen LogP contribution in [0.2, 0.25) is 0 Å². The summed E-state index contributed by atoms with van der Waals surface area (Å²) < 4.78 is 6.79. The van der Waals surface area contributed by atoms with Crippen molar-refractivity contribution in [2.75, 3.05) is 6.54 Å². The van der Waals surface area contributed by atoms with Crippen LogP contribution in [0.5, 0.6) is 0 Å². The fourth-order valence-electron chi connectivity index (χ4n) is 2.98. The molecule has 4 rings (SSSR count). The Labute approximate surface area is 150 Å². The van der Waals surface area contributed by atoms with Crippen LogP contribution in [0.4, 0.5) is 0 Å². The van der Waals surface area contributed by atoms with E-state index >= 15 is 0 Å². The molecule has 1 aromatic carbocycles. The Morgan fingerprint density at radius 2 is 2.00 bits per heavy atom. The van der Waals surface area contributed by atoms with Crippen molar-refractivity contribution in [3.8, 4) is 0 Å². The molecule has 1 N–H and O–H groups in total. The lowest BCUT2D eigenvalue weighted by Gasteiger charge is -2.27. The highest BCUT2D eigenvalue weighted by atomic mass is 16.3. The van der Waals surface area contributed by atoms with Crippen molar-refractivity contribution in [2.24, 2.45) is 0 Å². The molecule has 0 aliphatic carbocycles. The lowest BCUT2D eigenvalue weighted by molar-refractivity contribution is 0.0683. The van der Waals surface area contributed by atoms with E-state index in [9.17, 15) is 9.59 Å². The van der Waals surface area contributed by atoms with Gasteiger partial charge < -0.3 is 14.6 Å². The average molecular weight is 350 g/mol. The monoisotopic (exact) mass is 350 g/mol. The van der Waals surface area contributed by atoms with Gasteiger partial charge in [0.15, 0.2) is 5.69 Å². The van der Waals surface area contributed by atoms with Crippen LogP contribution in [0.1, 0.15) is 32.3 Å². The molecule has 0 saturated heterocycles. The predicted molar refractivity (Wildman–Crippen MR) is 93.3 cm³/mol. The van der Waals surface area contributed by atoms with Crippen molar-refractivity contribution in [1.82, 2.24) is 20.0 Å². The molecule has 0 fully saturated rings. The fraction of sp³-hybridized carbons (Fsp3) is 0.211. The first-order chi connectivity index (χ1) is 12.7. The normalized spacial score (nSPS) is 13.5. The second-order valence-corrected chi connectivity index (χ2v) is 6.11. The van der Waals surface area contributed by atoms with E-state index in [2.05, 4.69) is 10.4 Å². The van der Waals surface area contributed by atoms with Crippen molar-refractivity contribution in [3.05, 3.63) is 77.5 Å². The number of rotatable bonds is 5. The Balaban J connectivity index is 1.45. The number of nitrogens with zero attached hydrogens (tertiary/aromatic N) is 3. The second-order valence-electron chi connectivity index (χ2n) is 6.11. The van der Waals surface area contributed by atoms with Crippen LogP contribution in [0.25, 0.3) is 0 Å². The summed E-state index contributed by atoms with van der Waals surface area (Å²) in [5, 5.41) is 7.01. The summed E-state index contributed by atoms with van der Waals surface area (Å²) in [4.78, 5) is 26.8. The number of hydrogen-bond donors (Lipinski definition) is 1. The van der Waals surface area contributed by atoms with Gasteiger partial charge >= 0.3 is 0 Å². The molecule has 132 valence electrons. The maximum atomic E-state index is 12.7. The largest absolute Gasteiger partial charge is 0.467 e. The molecule has 0 spiro atoms. The van der Waals surface area contributed by atoms with Crippen LogP contribution >= 0.6 is 0 Å². The van der Waals surface area contributed by atoms with Gasteiger partial charge in [-0.05, 0) is 17.7 Å². The van der Waals surface area contributed by atoms with E-state index in [1.54, 1.807) is 34.0 Å².